The van der Waals surface area contributed by atoms with Crippen LogP contribution >= 0.6 is 0 Å². The third kappa shape index (κ3) is 4.90. The second-order valence-electron chi connectivity index (χ2n) is 6.99. The van der Waals surface area contributed by atoms with Gasteiger partial charge in [-0.15, -0.1) is 0 Å². The maximum atomic E-state index is 12.7. The summed E-state index contributed by atoms with van der Waals surface area (Å²) >= 11 is 0. The van der Waals surface area contributed by atoms with Gasteiger partial charge >= 0.3 is 15.6 Å². The fourth-order valence-corrected chi connectivity index (χ4v) is 4.11. The summed E-state index contributed by atoms with van der Waals surface area (Å²) in [6.07, 6.45) is 1.82. The number of fused-ring (bicyclic) bond motifs is 1. The summed E-state index contributed by atoms with van der Waals surface area (Å²) in [5, 5.41) is 2.91. The van der Waals surface area contributed by atoms with Gasteiger partial charge in [0, 0.05) is 18.9 Å². The molecule has 0 bridgehead atoms. The largest absolute Gasteiger partial charge is 0.534 e. The van der Waals surface area contributed by atoms with E-state index in [0.29, 0.717) is 24.8 Å². The normalized spacial score (nSPS) is 19.3. The van der Waals surface area contributed by atoms with Crippen molar-refractivity contribution in [3.05, 3.63) is 65.2 Å². The van der Waals surface area contributed by atoms with E-state index < -0.39 is 21.4 Å². The highest BCUT2D eigenvalue weighted by molar-refractivity contribution is 7.88. The number of aryl methyl sites for hydroxylation is 1. The summed E-state index contributed by atoms with van der Waals surface area (Å²) in [5.74, 6) is -0.839. The molecule has 0 spiro atoms. The first-order valence-corrected chi connectivity index (χ1v) is 10.4. The van der Waals surface area contributed by atoms with E-state index in [9.17, 15) is 26.4 Å². The van der Waals surface area contributed by atoms with Crippen LogP contribution in [0.15, 0.2) is 48.5 Å². The topological polar surface area (TPSA) is 72.5 Å². The smallest absolute Gasteiger partial charge is 0.376 e. The summed E-state index contributed by atoms with van der Waals surface area (Å²) in [5.41, 5.74) is -2.95. The van der Waals surface area contributed by atoms with Crippen molar-refractivity contribution in [3.63, 3.8) is 0 Å². The van der Waals surface area contributed by atoms with Crippen LogP contribution in [0.1, 0.15) is 36.0 Å². The molecule has 9 heteroatoms. The van der Waals surface area contributed by atoms with Crippen LogP contribution in [-0.2, 0) is 27.8 Å². The molecule has 0 saturated carbocycles. The highest BCUT2D eigenvalue weighted by Gasteiger charge is 2.48. The van der Waals surface area contributed by atoms with Gasteiger partial charge in [0.05, 0.1) is 0 Å². The number of alkyl halides is 3. The number of halogens is 3. The number of amides is 1. The number of rotatable bonds is 5. The van der Waals surface area contributed by atoms with Gasteiger partial charge in [0.15, 0.2) is 0 Å². The minimum atomic E-state index is -5.76. The molecule has 156 valence electrons. The molecule has 0 fully saturated rings. The van der Waals surface area contributed by atoms with Crippen LogP contribution < -0.4 is 9.50 Å². The predicted molar refractivity (Wildman–Crippen MR) is 101 cm³/mol. The van der Waals surface area contributed by atoms with Crippen LogP contribution in [0.25, 0.3) is 0 Å². The Morgan fingerprint density at radius 3 is 2.48 bits per heavy atom. The first-order valence-electron chi connectivity index (χ1n) is 9.01. The van der Waals surface area contributed by atoms with E-state index in [-0.39, 0.29) is 17.9 Å². The third-order valence-electron chi connectivity index (χ3n) is 4.90. The molecule has 5 nitrogen and oxygen atoms in total. The quantitative estimate of drug-likeness (QED) is 0.584. The second kappa shape index (κ2) is 8.06. The molecule has 2 aromatic rings. The van der Waals surface area contributed by atoms with Gasteiger partial charge in [-0.3, -0.25) is 4.79 Å². The molecule has 3 rings (SSSR count). The van der Waals surface area contributed by atoms with Crippen molar-refractivity contribution in [2.24, 2.45) is 0 Å². The van der Waals surface area contributed by atoms with Crippen molar-refractivity contribution in [1.29, 1.82) is 0 Å². The first kappa shape index (κ1) is 21.2. The summed E-state index contributed by atoms with van der Waals surface area (Å²) in [4.78, 5) is 11.6. The van der Waals surface area contributed by atoms with Crippen molar-refractivity contribution in [2.45, 2.75) is 43.7 Å². The zero-order chi connectivity index (χ0) is 21.2. The van der Waals surface area contributed by atoms with E-state index >= 15 is 0 Å². The lowest BCUT2D eigenvalue weighted by molar-refractivity contribution is -0.119. The van der Waals surface area contributed by atoms with Crippen molar-refractivity contribution in [2.75, 3.05) is 0 Å². The molecule has 0 aliphatic heterocycles. The lowest BCUT2D eigenvalue weighted by Crippen LogP contribution is -2.41. The molecule has 1 N–H and O–H groups in total. The van der Waals surface area contributed by atoms with Crippen molar-refractivity contribution >= 4 is 16.0 Å². The summed E-state index contributed by atoms with van der Waals surface area (Å²) in [6, 6.07) is 13.4. The fraction of sp³-hybridized carbons (Fsp3) is 0.350. The summed E-state index contributed by atoms with van der Waals surface area (Å²) < 4.78 is 65.0. The average molecular weight is 427 g/mol. The Balaban J connectivity index is 1.98. The number of benzene rings is 2. The van der Waals surface area contributed by atoms with E-state index in [1.807, 2.05) is 30.3 Å². The minimum absolute atomic E-state index is 0.205. The van der Waals surface area contributed by atoms with Crippen molar-refractivity contribution in [1.82, 2.24) is 5.32 Å². The Kier molecular flexibility index (Phi) is 5.88. The number of hydrogen-bond acceptors (Lipinski definition) is 4. The molecule has 0 heterocycles. The van der Waals surface area contributed by atoms with E-state index in [1.54, 1.807) is 6.07 Å². The summed E-state index contributed by atoms with van der Waals surface area (Å²) in [6.45, 7) is 1.41. The van der Waals surface area contributed by atoms with Crippen LogP contribution in [0.5, 0.6) is 5.75 Å². The van der Waals surface area contributed by atoms with Gasteiger partial charge in [-0.25, -0.2) is 0 Å². The van der Waals surface area contributed by atoms with Crippen molar-refractivity contribution in [3.8, 4) is 5.75 Å². The molecule has 1 amide bonds. The van der Waals surface area contributed by atoms with E-state index in [2.05, 4.69) is 9.50 Å². The molecular weight excluding hydrogens is 407 g/mol. The fourth-order valence-electron chi connectivity index (χ4n) is 3.65. The first-order chi connectivity index (χ1) is 13.6. The number of carbonyl (C=O) groups is 1. The standard InChI is InChI=1S/C20H20F3NO4S/c1-13(25)24-19-10-8-15-7-9-16(28-29(26,27)20(21,22)23)12-17(15)18(19)11-14-5-3-2-4-6-14/h2-7,9,12,18-19H,8,10-11H2,1H3,(H,24,25). The molecule has 0 aromatic heterocycles. The molecule has 1 aliphatic rings. The predicted octanol–water partition coefficient (Wildman–Crippen LogP) is 3.69. The van der Waals surface area contributed by atoms with E-state index in [1.165, 1.54) is 19.1 Å². The van der Waals surface area contributed by atoms with Crippen molar-refractivity contribution < 1.29 is 30.6 Å². The Morgan fingerprint density at radius 2 is 1.86 bits per heavy atom. The highest BCUT2D eigenvalue weighted by atomic mass is 32.2. The van der Waals surface area contributed by atoms with Crippen LogP contribution in [0.3, 0.4) is 0 Å². The average Bonchev–Trinajstić information content (AvgIpc) is 2.63. The van der Waals surface area contributed by atoms with E-state index in [4.69, 9.17) is 0 Å². The zero-order valence-corrected chi connectivity index (χ0v) is 16.4. The van der Waals surface area contributed by atoms with Crippen LogP contribution in [0, 0.1) is 0 Å². The molecule has 2 aromatic carbocycles. The number of hydrogen-bond donors (Lipinski definition) is 1. The summed E-state index contributed by atoms with van der Waals surface area (Å²) in [7, 11) is -5.76. The Labute approximate surface area is 167 Å². The van der Waals surface area contributed by atoms with Gasteiger partial charge in [0.1, 0.15) is 5.75 Å². The Morgan fingerprint density at radius 1 is 1.17 bits per heavy atom. The Bertz CT molecular complexity index is 991. The third-order valence-corrected chi connectivity index (χ3v) is 5.88. The lowest BCUT2D eigenvalue weighted by atomic mass is 9.76. The molecular formula is C20H20F3NO4S. The number of carbonyl (C=O) groups excluding carboxylic acids is 1. The van der Waals surface area contributed by atoms with Gasteiger partial charge in [-0.1, -0.05) is 36.4 Å². The van der Waals surface area contributed by atoms with Crippen LogP contribution in [0.4, 0.5) is 13.2 Å². The highest BCUT2D eigenvalue weighted by Crippen LogP contribution is 2.37. The Hall–Kier alpha value is -2.55. The van der Waals surface area contributed by atoms with Gasteiger partial charge in [-0.2, -0.15) is 21.6 Å². The van der Waals surface area contributed by atoms with Gasteiger partial charge in [-0.05, 0) is 48.1 Å². The van der Waals surface area contributed by atoms with E-state index in [0.717, 1.165) is 11.1 Å². The van der Waals surface area contributed by atoms with Gasteiger partial charge in [0.25, 0.3) is 0 Å². The maximum absolute atomic E-state index is 12.7. The molecule has 0 radical (unpaired) electrons. The van der Waals surface area contributed by atoms with Gasteiger partial charge < -0.3 is 9.50 Å². The monoisotopic (exact) mass is 427 g/mol. The molecule has 29 heavy (non-hydrogen) atoms. The maximum Gasteiger partial charge on any atom is 0.534 e. The SMILES string of the molecule is CC(=O)NC1CCc2ccc(OS(=O)(=O)C(F)(F)F)cc2C1Cc1ccccc1. The van der Waals surface area contributed by atoms with Crippen LogP contribution in [0.2, 0.25) is 0 Å². The molecule has 2 unspecified atom stereocenters. The zero-order valence-electron chi connectivity index (χ0n) is 15.6. The molecule has 0 saturated heterocycles. The van der Waals surface area contributed by atoms with Crippen LogP contribution in [-0.4, -0.2) is 25.9 Å². The number of nitrogens with one attached hydrogen (secondary N) is 1. The molecule has 1 aliphatic carbocycles. The minimum Gasteiger partial charge on any atom is -0.376 e. The molecule has 2 atom stereocenters. The lowest BCUT2D eigenvalue weighted by Gasteiger charge is -2.34. The van der Waals surface area contributed by atoms with Gasteiger partial charge in [0.2, 0.25) is 5.91 Å². The second-order valence-corrected chi connectivity index (χ2v) is 8.52.